The maximum Gasteiger partial charge on any atom is 0.228 e. The molecule has 1 atom stereocenters. The Bertz CT molecular complexity index is 1140. The molecule has 0 aromatic heterocycles. The molecule has 8 heteroatoms. The molecule has 0 spiro atoms. The van der Waals surface area contributed by atoms with Gasteiger partial charge in [-0.25, -0.2) is 12.7 Å². The van der Waals surface area contributed by atoms with E-state index in [0.717, 1.165) is 6.26 Å². The first kappa shape index (κ1) is 19.5. The number of amides is 1. The monoisotopic (exact) mass is 412 g/mol. The van der Waals surface area contributed by atoms with E-state index in [1.807, 2.05) is 0 Å². The summed E-state index contributed by atoms with van der Waals surface area (Å²) in [5.41, 5.74) is 1.38. The zero-order valence-electron chi connectivity index (χ0n) is 15.8. The number of carbonyl (C=O) groups is 3. The minimum Gasteiger partial charge on any atom is -0.325 e. The summed E-state index contributed by atoms with van der Waals surface area (Å²) < 4.78 is 24.9. The molecule has 2 aromatic rings. The Labute approximate surface area is 168 Å². The van der Waals surface area contributed by atoms with Crippen molar-refractivity contribution in [2.24, 2.45) is 5.92 Å². The van der Waals surface area contributed by atoms with Crippen LogP contribution in [0.5, 0.6) is 0 Å². The van der Waals surface area contributed by atoms with Gasteiger partial charge in [-0.2, -0.15) is 0 Å². The Balaban J connectivity index is 1.64. The number of benzene rings is 2. The van der Waals surface area contributed by atoms with Crippen molar-refractivity contribution < 1.29 is 22.8 Å². The number of nitrogens with one attached hydrogen (secondary N) is 1. The quantitative estimate of drug-likeness (QED) is 0.710. The Kier molecular flexibility index (Phi) is 4.84. The number of fused-ring (bicyclic) bond motifs is 2. The van der Waals surface area contributed by atoms with Gasteiger partial charge in [-0.3, -0.25) is 14.4 Å². The number of rotatable bonds is 3. The van der Waals surface area contributed by atoms with Gasteiger partial charge in [-0.05, 0) is 18.9 Å². The number of piperidine rings is 1. The van der Waals surface area contributed by atoms with Gasteiger partial charge in [0.25, 0.3) is 0 Å². The van der Waals surface area contributed by atoms with E-state index in [0.29, 0.717) is 30.5 Å². The molecule has 1 aliphatic carbocycles. The molecule has 1 amide bonds. The number of carbonyl (C=O) groups excluding carboxylic acids is 3. The zero-order chi connectivity index (χ0) is 20.8. The molecule has 0 radical (unpaired) electrons. The van der Waals surface area contributed by atoms with Crippen LogP contribution < -0.4 is 5.32 Å². The smallest absolute Gasteiger partial charge is 0.228 e. The van der Waals surface area contributed by atoms with Crippen LogP contribution in [0.25, 0.3) is 0 Å². The molecule has 1 aliphatic heterocycles. The van der Waals surface area contributed by atoms with Gasteiger partial charge in [0.2, 0.25) is 15.9 Å². The van der Waals surface area contributed by atoms with E-state index >= 15 is 0 Å². The molecule has 2 aromatic carbocycles. The first-order chi connectivity index (χ1) is 13.8. The van der Waals surface area contributed by atoms with Crippen molar-refractivity contribution in [1.82, 2.24) is 4.31 Å². The van der Waals surface area contributed by atoms with Crippen LogP contribution in [0.4, 0.5) is 5.69 Å². The molecular formula is C21H20N2O5S. The molecule has 1 saturated heterocycles. The number of nitrogens with zero attached hydrogens (tertiary/aromatic N) is 1. The van der Waals surface area contributed by atoms with Crippen molar-refractivity contribution >= 4 is 33.2 Å². The molecule has 2 aliphatic rings. The van der Waals surface area contributed by atoms with Gasteiger partial charge in [-0.15, -0.1) is 0 Å². The predicted molar refractivity (Wildman–Crippen MR) is 108 cm³/mol. The minimum absolute atomic E-state index is 0.107. The molecule has 1 N–H and O–H groups in total. The van der Waals surface area contributed by atoms with Gasteiger partial charge in [0, 0.05) is 29.8 Å². The number of hydrogen-bond acceptors (Lipinski definition) is 5. The van der Waals surface area contributed by atoms with Crippen molar-refractivity contribution in [2.45, 2.75) is 12.8 Å². The van der Waals surface area contributed by atoms with Crippen molar-refractivity contribution in [3.05, 3.63) is 64.7 Å². The van der Waals surface area contributed by atoms with Crippen LogP contribution >= 0.6 is 0 Å². The third-order valence-electron chi connectivity index (χ3n) is 5.43. The summed E-state index contributed by atoms with van der Waals surface area (Å²) in [6, 6.07) is 11.4. The Morgan fingerprint density at radius 1 is 1.00 bits per heavy atom. The Morgan fingerprint density at radius 2 is 1.66 bits per heavy atom. The fourth-order valence-electron chi connectivity index (χ4n) is 3.94. The van der Waals surface area contributed by atoms with Crippen molar-refractivity contribution in [1.29, 1.82) is 0 Å². The average molecular weight is 412 g/mol. The van der Waals surface area contributed by atoms with E-state index in [1.165, 1.54) is 4.31 Å². The van der Waals surface area contributed by atoms with Crippen LogP contribution in [0.1, 0.15) is 44.7 Å². The van der Waals surface area contributed by atoms with Crippen LogP contribution in [-0.2, 0) is 14.8 Å². The normalized spacial score (nSPS) is 19.4. The highest BCUT2D eigenvalue weighted by atomic mass is 32.2. The molecule has 1 fully saturated rings. The van der Waals surface area contributed by atoms with Gasteiger partial charge in [0.1, 0.15) is 0 Å². The fraction of sp³-hybridized carbons (Fsp3) is 0.286. The summed E-state index contributed by atoms with van der Waals surface area (Å²) in [5.74, 6) is -1.44. The van der Waals surface area contributed by atoms with Gasteiger partial charge >= 0.3 is 0 Å². The van der Waals surface area contributed by atoms with Gasteiger partial charge in [0.15, 0.2) is 11.6 Å². The van der Waals surface area contributed by atoms with E-state index in [1.54, 1.807) is 42.5 Å². The van der Waals surface area contributed by atoms with Crippen molar-refractivity contribution in [2.75, 3.05) is 24.7 Å². The summed E-state index contributed by atoms with van der Waals surface area (Å²) in [4.78, 5) is 38.7. The highest BCUT2D eigenvalue weighted by Gasteiger charge is 2.34. The molecule has 0 saturated carbocycles. The van der Waals surface area contributed by atoms with E-state index in [2.05, 4.69) is 5.32 Å². The molecule has 150 valence electrons. The largest absolute Gasteiger partial charge is 0.325 e. The lowest BCUT2D eigenvalue weighted by Crippen LogP contribution is -2.43. The lowest BCUT2D eigenvalue weighted by molar-refractivity contribution is -0.120. The summed E-state index contributed by atoms with van der Waals surface area (Å²) in [7, 11) is -3.37. The summed E-state index contributed by atoms with van der Waals surface area (Å²) in [6.07, 6.45) is 2.27. The highest BCUT2D eigenvalue weighted by Crippen LogP contribution is 2.32. The minimum atomic E-state index is -3.37. The van der Waals surface area contributed by atoms with E-state index in [4.69, 9.17) is 0 Å². The van der Waals surface area contributed by atoms with Crippen molar-refractivity contribution in [3.63, 3.8) is 0 Å². The average Bonchev–Trinajstić information content (AvgIpc) is 2.71. The first-order valence-electron chi connectivity index (χ1n) is 9.35. The Morgan fingerprint density at radius 3 is 2.34 bits per heavy atom. The summed E-state index contributed by atoms with van der Waals surface area (Å²) >= 11 is 0. The predicted octanol–water partition coefficient (Wildman–Crippen LogP) is 2.07. The standard InChI is InChI=1S/C21H20N2O5S/c1-29(27,28)23-11-5-6-13(12-23)21(26)22-17-10-4-9-16-18(17)20(25)15-8-3-2-7-14(15)19(16)24/h2-4,7-10,13H,5-6,11-12H2,1H3,(H,22,26). The van der Waals surface area contributed by atoms with Gasteiger partial charge < -0.3 is 5.32 Å². The maximum atomic E-state index is 13.0. The van der Waals surface area contributed by atoms with Crippen LogP contribution in [0.15, 0.2) is 42.5 Å². The third-order valence-corrected chi connectivity index (χ3v) is 6.70. The van der Waals surface area contributed by atoms with Crippen LogP contribution in [0.3, 0.4) is 0 Å². The van der Waals surface area contributed by atoms with E-state index in [-0.39, 0.29) is 40.8 Å². The Hall–Kier alpha value is -2.84. The molecule has 1 unspecified atom stereocenters. The molecule has 4 rings (SSSR count). The molecule has 7 nitrogen and oxygen atoms in total. The van der Waals surface area contributed by atoms with Crippen LogP contribution in [0.2, 0.25) is 0 Å². The number of sulfonamides is 1. The SMILES string of the molecule is CS(=O)(=O)N1CCCC(C(=O)Nc2cccc3c2C(=O)c2ccccc2C3=O)C1. The van der Waals surface area contributed by atoms with Crippen molar-refractivity contribution in [3.8, 4) is 0 Å². The number of anilines is 1. The lowest BCUT2D eigenvalue weighted by atomic mass is 9.83. The molecule has 1 heterocycles. The molecule has 0 bridgehead atoms. The zero-order valence-corrected chi connectivity index (χ0v) is 16.7. The number of ketones is 2. The van der Waals surface area contributed by atoms with E-state index < -0.39 is 15.9 Å². The fourth-order valence-corrected chi connectivity index (χ4v) is 4.85. The summed E-state index contributed by atoms with van der Waals surface area (Å²) in [5, 5.41) is 2.76. The molecular weight excluding hydrogens is 392 g/mol. The highest BCUT2D eigenvalue weighted by molar-refractivity contribution is 7.88. The lowest BCUT2D eigenvalue weighted by Gasteiger charge is -2.30. The second-order valence-corrected chi connectivity index (χ2v) is 9.36. The second kappa shape index (κ2) is 7.20. The molecule has 29 heavy (non-hydrogen) atoms. The van der Waals surface area contributed by atoms with E-state index in [9.17, 15) is 22.8 Å². The second-order valence-electron chi connectivity index (χ2n) is 7.38. The third kappa shape index (κ3) is 3.49. The van der Waals surface area contributed by atoms with Gasteiger partial charge in [-0.1, -0.05) is 36.4 Å². The first-order valence-corrected chi connectivity index (χ1v) is 11.2. The number of hydrogen-bond donors (Lipinski definition) is 1. The topological polar surface area (TPSA) is 101 Å². The van der Waals surface area contributed by atoms with Crippen LogP contribution in [0, 0.1) is 5.92 Å². The van der Waals surface area contributed by atoms with Crippen LogP contribution in [-0.4, -0.2) is 49.5 Å². The van der Waals surface area contributed by atoms with Gasteiger partial charge in [0.05, 0.1) is 23.4 Å². The summed E-state index contributed by atoms with van der Waals surface area (Å²) in [6.45, 7) is 0.503. The maximum absolute atomic E-state index is 13.0.